The number of rotatable bonds is 12. The lowest BCUT2D eigenvalue weighted by Crippen LogP contribution is -2.45. The van der Waals surface area contributed by atoms with Gasteiger partial charge in [-0.1, -0.05) is 81.4 Å². The fourth-order valence-corrected chi connectivity index (χ4v) is 10.5. The molecule has 0 nitrogen and oxygen atoms in total. The van der Waals surface area contributed by atoms with E-state index >= 15 is 0 Å². The molecule has 4 atom stereocenters. The van der Waals surface area contributed by atoms with E-state index in [1.165, 1.54) is 30.6 Å². The molecule has 0 rings (SSSR count). The SMILES string of the molecule is C=C(CC(C(C)C)C(C)[SH](C)(C)(CC)C(CC)CC(C)C(C)C)C(C)C. The summed E-state index contributed by atoms with van der Waals surface area (Å²) in [6.07, 6.45) is 9.45. The van der Waals surface area contributed by atoms with Crippen molar-refractivity contribution in [3.63, 3.8) is 0 Å². The van der Waals surface area contributed by atoms with Crippen LogP contribution >= 0.6 is 9.16 Å². The maximum Gasteiger partial charge on any atom is -0.0236 e. The van der Waals surface area contributed by atoms with E-state index in [1.54, 1.807) is 0 Å². The molecule has 0 fully saturated rings. The van der Waals surface area contributed by atoms with Gasteiger partial charge in [0.25, 0.3) is 0 Å². The summed E-state index contributed by atoms with van der Waals surface area (Å²) >= 11 is 0. The highest BCUT2D eigenvalue weighted by Gasteiger charge is 2.46. The molecule has 160 valence electrons. The summed E-state index contributed by atoms with van der Waals surface area (Å²) in [5, 5.41) is 1.71. The van der Waals surface area contributed by atoms with Gasteiger partial charge in [0.1, 0.15) is 0 Å². The summed E-state index contributed by atoms with van der Waals surface area (Å²) in [6.45, 7) is 28.8. The molecule has 0 aliphatic carbocycles. The molecule has 4 unspecified atom stereocenters. The van der Waals surface area contributed by atoms with Crippen LogP contribution in [0.15, 0.2) is 12.2 Å². The van der Waals surface area contributed by atoms with Crippen LogP contribution in [0.5, 0.6) is 0 Å². The van der Waals surface area contributed by atoms with Gasteiger partial charge in [-0.25, -0.2) is 0 Å². The second kappa shape index (κ2) is 10.0. The number of thiol groups is 1. The Balaban J connectivity index is 5.87. The highest BCUT2D eigenvalue weighted by Crippen LogP contribution is 2.74. The molecule has 0 amide bonds. The van der Waals surface area contributed by atoms with Gasteiger partial charge in [0.05, 0.1) is 0 Å². The van der Waals surface area contributed by atoms with Crippen molar-refractivity contribution >= 4 is 9.16 Å². The van der Waals surface area contributed by atoms with Crippen molar-refractivity contribution in [2.75, 3.05) is 18.3 Å². The first-order chi connectivity index (χ1) is 11.7. The summed E-state index contributed by atoms with van der Waals surface area (Å²) in [4.78, 5) is 0. The van der Waals surface area contributed by atoms with Crippen molar-refractivity contribution in [1.82, 2.24) is 0 Å². The van der Waals surface area contributed by atoms with Gasteiger partial charge in [0.2, 0.25) is 0 Å². The third-order valence-electron chi connectivity index (χ3n) is 8.58. The molecular weight excluding hydrogens is 332 g/mol. The monoisotopic (exact) mass is 386 g/mol. The molecular formula is C25H54S. The van der Waals surface area contributed by atoms with Crippen molar-refractivity contribution in [2.24, 2.45) is 29.6 Å². The van der Waals surface area contributed by atoms with Crippen molar-refractivity contribution in [3.8, 4) is 0 Å². The molecule has 0 aromatic rings. The summed E-state index contributed by atoms with van der Waals surface area (Å²) in [6, 6.07) is 0. The minimum absolute atomic E-state index is 0.604. The zero-order chi connectivity index (χ0) is 20.9. The molecule has 0 saturated heterocycles. The largest absolute Gasteiger partial charge is 0.283 e. The second-order valence-electron chi connectivity index (χ2n) is 11.1. The Labute approximate surface area is 168 Å². The van der Waals surface area contributed by atoms with E-state index in [2.05, 4.69) is 88.3 Å². The summed E-state index contributed by atoms with van der Waals surface area (Å²) in [5.41, 5.74) is 1.45. The minimum Gasteiger partial charge on any atom is -0.283 e. The molecule has 0 heterocycles. The first-order valence-corrected chi connectivity index (χ1v) is 14.8. The van der Waals surface area contributed by atoms with E-state index < -0.39 is 9.16 Å². The third kappa shape index (κ3) is 6.05. The lowest BCUT2D eigenvalue weighted by molar-refractivity contribution is 0.358. The van der Waals surface area contributed by atoms with Crippen molar-refractivity contribution in [1.29, 1.82) is 0 Å². The highest BCUT2D eigenvalue weighted by atomic mass is 32.3. The topological polar surface area (TPSA) is 0 Å². The molecule has 1 heteroatoms. The van der Waals surface area contributed by atoms with Crippen LogP contribution in [0.3, 0.4) is 0 Å². The third-order valence-corrected chi connectivity index (χ3v) is 16.6. The lowest BCUT2D eigenvalue weighted by Gasteiger charge is -2.67. The van der Waals surface area contributed by atoms with E-state index in [0.29, 0.717) is 5.92 Å². The smallest absolute Gasteiger partial charge is 0.0236 e. The Morgan fingerprint density at radius 3 is 1.65 bits per heavy atom. The molecule has 0 radical (unpaired) electrons. The van der Waals surface area contributed by atoms with Crippen LogP contribution in [0.1, 0.15) is 88.5 Å². The first-order valence-electron chi connectivity index (χ1n) is 11.4. The fourth-order valence-electron chi connectivity index (χ4n) is 4.82. The molecule has 26 heavy (non-hydrogen) atoms. The standard InChI is InChI=1S/C25H54S/c1-14-24(16-21(9)18(3)4)26(12,13,15-2)23(11)25(20(7)8)17-22(10)19(5)6/h18-21,23-26H,10,14-17H2,1-9,11-13H3. The van der Waals surface area contributed by atoms with Gasteiger partial charge in [-0.15, -0.1) is 0 Å². The van der Waals surface area contributed by atoms with E-state index in [-0.39, 0.29) is 0 Å². The summed E-state index contributed by atoms with van der Waals surface area (Å²) in [7, 11) is -1.83. The zero-order valence-electron chi connectivity index (χ0n) is 20.5. The van der Waals surface area contributed by atoms with Crippen molar-refractivity contribution < 1.29 is 0 Å². The molecule has 0 aromatic carbocycles. The highest BCUT2D eigenvalue weighted by molar-refractivity contribution is 8.49. The van der Waals surface area contributed by atoms with E-state index in [9.17, 15) is 0 Å². The van der Waals surface area contributed by atoms with E-state index in [1.807, 2.05) is 0 Å². The Morgan fingerprint density at radius 2 is 1.35 bits per heavy atom. The number of allylic oxidation sites excluding steroid dienone is 1. The van der Waals surface area contributed by atoms with Crippen LogP contribution in [0, 0.1) is 29.6 Å². The van der Waals surface area contributed by atoms with Crippen LogP contribution < -0.4 is 0 Å². The normalized spacial score (nSPS) is 19.3. The van der Waals surface area contributed by atoms with Gasteiger partial charge in [-0.2, -0.15) is 0 Å². The number of hydrogen-bond acceptors (Lipinski definition) is 0. The Hall–Kier alpha value is 0.0900. The minimum atomic E-state index is -1.83. The molecule has 0 N–H and O–H groups in total. The second-order valence-corrected chi connectivity index (χ2v) is 18.6. The summed E-state index contributed by atoms with van der Waals surface area (Å²) in [5.74, 6) is 5.09. The molecule has 0 aromatic heterocycles. The molecule has 0 spiro atoms. The van der Waals surface area contributed by atoms with Crippen LogP contribution in [-0.4, -0.2) is 28.8 Å². The van der Waals surface area contributed by atoms with Crippen LogP contribution in [0.4, 0.5) is 0 Å². The molecule has 0 saturated carbocycles. The van der Waals surface area contributed by atoms with Gasteiger partial charge in [0, 0.05) is 0 Å². The Bertz CT molecular complexity index is 429. The fraction of sp³-hybridized carbons (Fsp3) is 0.920. The maximum absolute atomic E-state index is 4.44. The van der Waals surface area contributed by atoms with Gasteiger partial charge in [-0.3, -0.25) is 9.16 Å². The number of hydrogen-bond donors (Lipinski definition) is 1. The average molecular weight is 387 g/mol. The van der Waals surface area contributed by atoms with Crippen LogP contribution in [0.25, 0.3) is 0 Å². The van der Waals surface area contributed by atoms with Gasteiger partial charge in [0.15, 0.2) is 0 Å². The van der Waals surface area contributed by atoms with Crippen LogP contribution in [0.2, 0.25) is 0 Å². The molecule has 0 bridgehead atoms. The average Bonchev–Trinajstić information content (AvgIpc) is 2.55. The Morgan fingerprint density at radius 1 is 0.846 bits per heavy atom. The predicted molar refractivity (Wildman–Crippen MR) is 130 cm³/mol. The van der Waals surface area contributed by atoms with Gasteiger partial charge < -0.3 is 0 Å². The zero-order valence-corrected chi connectivity index (χ0v) is 21.4. The molecule has 0 aliphatic rings. The van der Waals surface area contributed by atoms with Crippen molar-refractivity contribution in [3.05, 3.63) is 12.2 Å². The quantitative estimate of drug-likeness (QED) is 0.254. The van der Waals surface area contributed by atoms with E-state index in [4.69, 9.17) is 0 Å². The maximum atomic E-state index is 4.44. The van der Waals surface area contributed by atoms with Gasteiger partial charge >= 0.3 is 0 Å². The predicted octanol–water partition coefficient (Wildman–Crippen LogP) is 8.06. The first kappa shape index (κ1) is 26.1. The van der Waals surface area contributed by atoms with Crippen molar-refractivity contribution in [2.45, 2.75) is 99.0 Å². The lowest BCUT2D eigenvalue weighted by atomic mass is 9.84. The Kier molecular flexibility index (Phi) is 10.1. The summed E-state index contributed by atoms with van der Waals surface area (Å²) < 4.78 is 0. The molecule has 0 aliphatic heterocycles. The van der Waals surface area contributed by atoms with Crippen LogP contribution in [-0.2, 0) is 0 Å². The van der Waals surface area contributed by atoms with E-state index in [0.717, 1.165) is 34.2 Å². The van der Waals surface area contributed by atoms with Gasteiger partial charge in [-0.05, 0) is 77.6 Å².